The van der Waals surface area contributed by atoms with Gasteiger partial charge < -0.3 is 25.5 Å². The lowest BCUT2D eigenvalue weighted by molar-refractivity contribution is -0.127. The topological polar surface area (TPSA) is 114 Å². The van der Waals surface area contributed by atoms with Crippen molar-refractivity contribution >= 4 is 47.4 Å². The number of halogens is 2. The standard InChI is InChI=1S/C33H41Cl2N3O5/c1-33(2,24-11-7-13-26(35)19-24)29(22-10-6-12-25(34)17-22)43-32(42)38-28(16-21-8-4-3-5-9-21)31(41)37-27(20-39)18-23-14-15-36-30(23)40/h6-7,10-13,17,19-21,23,27-29H,3-5,8-9,14-16,18H2,1-2H3,(H,36,40)(H,37,41)(H,38,42). The van der Waals surface area contributed by atoms with Gasteiger partial charge in [0.15, 0.2) is 0 Å². The SMILES string of the molecule is CC(C)(c1cccc(Cl)c1)C(OC(=O)NC(CC1CCCCC1)C(=O)NC(C=O)CC1CCNC1=O)c1cccc(Cl)c1. The van der Waals surface area contributed by atoms with E-state index < -0.39 is 35.6 Å². The molecule has 0 radical (unpaired) electrons. The van der Waals surface area contributed by atoms with Crippen LogP contribution in [0, 0.1) is 11.8 Å². The van der Waals surface area contributed by atoms with Crippen molar-refractivity contribution in [2.24, 2.45) is 11.8 Å². The average Bonchev–Trinajstić information content (AvgIpc) is 3.39. The van der Waals surface area contributed by atoms with E-state index in [2.05, 4.69) is 16.0 Å². The number of rotatable bonds is 12. The molecule has 3 N–H and O–H groups in total. The molecule has 1 heterocycles. The zero-order valence-electron chi connectivity index (χ0n) is 24.7. The van der Waals surface area contributed by atoms with Crippen LogP contribution < -0.4 is 16.0 Å². The zero-order valence-corrected chi connectivity index (χ0v) is 26.3. The minimum Gasteiger partial charge on any atom is -0.440 e. The third-order valence-electron chi connectivity index (χ3n) is 8.70. The summed E-state index contributed by atoms with van der Waals surface area (Å²) in [5, 5.41) is 9.41. The van der Waals surface area contributed by atoms with E-state index in [-0.39, 0.29) is 24.2 Å². The summed E-state index contributed by atoms with van der Waals surface area (Å²) in [5.74, 6) is -0.661. The number of carbonyl (C=O) groups excluding carboxylic acids is 4. The smallest absolute Gasteiger partial charge is 0.408 e. The van der Waals surface area contributed by atoms with Gasteiger partial charge in [-0.25, -0.2) is 4.79 Å². The van der Waals surface area contributed by atoms with Gasteiger partial charge in [-0.1, -0.05) is 93.4 Å². The molecule has 232 valence electrons. The van der Waals surface area contributed by atoms with Crippen LogP contribution in [0.5, 0.6) is 0 Å². The van der Waals surface area contributed by atoms with Gasteiger partial charge in [0.2, 0.25) is 11.8 Å². The number of carbonyl (C=O) groups is 4. The molecule has 43 heavy (non-hydrogen) atoms. The van der Waals surface area contributed by atoms with Gasteiger partial charge in [0.25, 0.3) is 0 Å². The Balaban J connectivity index is 1.54. The van der Waals surface area contributed by atoms with E-state index in [1.807, 2.05) is 38.1 Å². The van der Waals surface area contributed by atoms with Gasteiger partial charge in [-0.05, 0) is 60.6 Å². The maximum Gasteiger partial charge on any atom is 0.408 e. The quantitative estimate of drug-likeness (QED) is 0.239. The first-order valence-electron chi connectivity index (χ1n) is 15.1. The summed E-state index contributed by atoms with van der Waals surface area (Å²) in [6.07, 6.45) is 5.61. The van der Waals surface area contributed by atoms with E-state index in [4.69, 9.17) is 27.9 Å². The van der Waals surface area contributed by atoms with Crippen LogP contribution in [0.15, 0.2) is 48.5 Å². The first kappa shape index (κ1) is 32.8. The van der Waals surface area contributed by atoms with Gasteiger partial charge in [-0.15, -0.1) is 0 Å². The van der Waals surface area contributed by atoms with Crippen LogP contribution in [0.4, 0.5) is 4.79 Å². The Morgan fingerprint density at radius 1 is 1.00 bits per heavy atom. The van der Waals surface area contributed by atoms with Gasteiger partial charge in [-0.2, -0.15) is 0 Å². The molecule has 4 rings (SSSR count). The molecule has 3 amide bonds. The maximum atomic E-state index is 13.6. The van der Waals surface area contributed by atoms with Crippen molar-refractivity contribution in [2.75, 3.05) is 6.54 Å². The number of ether oxygens (including phenoxy) is 1. The second kappa shape index (κ2) is 15.1. The molecule has 2 aromatic rings. The van der Waals surface area contributed by atoms with E-state index in [1.54, 1.807) is 24.3 Å². The van der Waals surface area contributed by atoms with Crippen molar-refractivity contribution < 1.29 is 23.9 Å². The molecular weight excluding hydrogens is 589 g/mol. The summed E-state index contributed by atoms with van der Waals surface area (Å²) in [4.78, 5) is 51.1. The van der Waals surface area contributed by atoms with E-state index in [0.29, 0.717) is 41.3 Å². The van der Waals surface area contributed by atoms with Crippen LogP contribution in [-0.2, 0) is 24.5 Å². The molecule has 0 aromatic heterocycles. The Kier molecular flexibility index (Phi) is 11.5. The van der Waals surface area contributed by atoms with Crippen molar-refractivity contribution in [3.63, 3.8) is 0 Å². The molecule has 1 saturated carbocycles. The number of benzene rings is 2. The van der Waals surface area contributed by atoms with Crippen LogP contribution in [0.1, 0.15) is 82.4 Å². The van der Waals surface area contributed by atoms with Gasteiger partial charge in [0.1, 0.15) is 18.4 Å². The molecular formula is C33H41Cl2N3O5. The van der Waals surface area contributed by atoms with E-state index in [0.717, 1.165) is 37.7 Å². The van der Waals surface area contributed by atoms with Crippen LogP contribution in [-0.4, -0.2) is 42.8 Å². The second-order valence-corrected chi connectivity index (χ2v) is 13.1. The summed E-state index contributed by atoms with van der Waals surface area (Å²) >= 11 is 12.6. The summed E-state index contributed by atoms with van der Waals surface area (Å²) in [5.41, 5.74) is 0.828. The van der Waals surface area contributed by atoms with Gasteiger partial charge >= 0.3 is 6.09 Å². The van der Waals surface area contributed by atoms with Crippen LogP contribution in [0.25, 0.3) is 0 Å². The first-order chi connectivity index (χ1) is 20.6. The zero-order chi connectivity index (χ0) is 31.0. The Morgan fingerprint density at radius 3 is 2.33 bits per heavy atom. The van der Waals surface area contributed by atoms with Crippen LogP contribution >= 0.6 is 23.2 Å². The number of alkyl carbamates (subject to hydrolysis) is 1. The molecule has 10 heteroatoms. The highest BCUT2D eigenvalue weighted by atomic mass is 35.5. The highest BCUT2D eigenvalue weighted by Gasteiger charge is 2.38. The lowest BCUT2D eigenvalue weighted by Crippen LogP contribution is -2.52. The van der Waals surface area contributed by atoms with Gasteiger partial charge in [-0.3, -0.25) is 9.59 Å². The van der Waals surface area contributed by atoms with Crippen molar-refractivity contribution in [3.05, 3.63) is 69.7 Å². The fourth-order valence-corrected chi connectivity index (χ4v) is 6.61. The number of aldehydes is 1. The van der Waals surface area contributed by atoms with Gasteiger partial charge in [0, 0.05) is 27.9 Å². The van der Waals surface area contributed by atoms with Crippen molar-refractivity contribution in [2.45, 2.75) is 88.8 Å². The summed E-state index contributed by atoms with van der Waals surface area (Å²) in [6, 6.07) is 12.8. The molecule has 8 nitrogen and oxygen atoms in total. The predicted molar refractivity (Wildman–Crippen MR) is 167 cm³/mol. The summed E-state index contributed by atoms with van der Waals surface area (Å²) in [7, 11) is 0. The highest BCUT2D eigenvalue weighted by Crippen LogP contribution is 2.41. The van der Waals surface area contributed by atoms with E-state index in [9.17, 15) is 19.2 Å². The fourth-order valence-electron chi connectivity index (χ4n) is 6.22. The number of nitrogens with one attached hydrogen (secondary N) is 3. The Labute approximate surface area is 263 Å². The lowest BCUT2D eigenvalue weighted by atomic mass is 9.76. The van der Waals surface area contributed by atoms with Crippen LogP contribution in [0.3, 0.4) is 0 Å². The third kappa shape index (κ3) is 8.96. The first-order valence-corrected chi connectivity index (χ1v) is 15.8. The molecule has 1 aliphatic carbocycles. The summed E-state index contributed by atoms with van der Waals surface area (Å²) < 4.78 is 6.12. The largest absolute Gasteiger partial charge is 0.440 e. The Morgan fingerprint density at radius 2 is 1.70 bits per heavy atom. The Bertz CT molecular complexity index is 1300. The maximum absolute atomic E-state index is 13.6. The number of amides is 3. The molecule has 2 aromatic carbocycles. The second-order valence-electron chi connectivity index (χ2n) is 12.3. The third-order valence-corrected chi connectivity index (χ3v) is 9.17. The Hall–Kier alpha value is -3.10. The van der Waals surface area contributed by atoms with Crippen molar-refractivity contribution in [3.8, 4) is 0 Å². The monoisotopic (exact) mass is 629 g/mol. The molecule has 2 fully saturated rings. The number of hydrogen-bond donors (Lipinski definition) is 3. The van der Waals surface area contributed by atoms with Crippen LogP contribution in [0.2, 0.25) is 10.0 Å². The molecule has 4 unspecified atom stereocenters. The van der Waals surface area contributed by atoms with Gasteiger partial charge in [0.05, 0.1) is 6.04 Å². The molecule has 1 aliphatic heterocycles. The molecule has 1 saturated heterocycles. The minimum atomic E-state index is -0.912. The molecule has 0 bridgehead atoms. The van der Waals surface area contributed by atoms with Crippen molar-refractivity contribution in [1.29, 1.82) is 0 Å². The minimum absolute atomic E-state index is 0.115. The summed E-state index contributed by atoms with van der Waals surface area (Å²) in [6.45, 7) is 4.47. The fraction of sp³-hybridized carbons (Fsp3) is 0.515. The normalized spacial score (nSPS) is 19.5. The molecule has 2 aliphatic rings. The molecule has 4 atom stereocenters. The molecule has 0 spiro atoms. The van der Waals surface area contributed by atoms with E-state index >= 15 is 0 Å². The lowest BCUT2D eigenvalue weighted by Gasteiger charge is -2.35. The van der Waals surface area contributed by atoms with E-state index in [1.165, 1.54) is 0 Å². The highest BCUT2D eigenvalue weighted by molar-refractivity contribution is 6.31. The average molecular weight is 631 g/mol. The van der Waals surface area contributed by atoms with Crippen molar-refractivity contribution in [1.82, 2.24) is 16.0 Å². The number of hydrogen-bond acceptors (Lipinski definition) is 5. The predicted octanol–water partition coefficient (Wildman–Crippen LogP) is 6.29.